The zero-order chi connectivity index (χ0) is 22.6. The summed E-state index contributed by atoms with van der Waals surface area (Å²) < 4.78 is 6.00. The lowest BCUT2D eigenvalue weighted by Gasteiger charge is -2.09. The van der Waals surface area contributed by atoms with Gasteiger partial charge < -0.3 is 10.1 Å². The van der Waals surface area contributed by atoms with E-state index in [0.717, 1.165) is 22.6 Å². The molecule has 0 bridgehead atoms. The summed E-state index contributed by atoms with van der Waals surface area (Å²) in [6.07, 6.45) is 1.85. The average Bonchev–Trinajstić information content (AvgIpc) is 3.18. The van der Waals surface area contributed by atoms with Gasteiger partial charge in [0.1, 0.15) is 12.4 Å². The number of aliphatic imine (C=N–C) groups is 1. The highest BCUT2D eigenvalue weighted by Gasteiger charge is 2.23. The third-order valence-electron chi connectivity index (χ3n) is 5.16. The number of hydrogen-bond acceptors (Lipinski definition) is 4. The molecule has 5 rings (SSSR count). The summed E-state index contributed by atoms with van der Waals surface area (Å²) in [5.41, 5.74) is 2.79. The van der Waals surface area contributed by atoms with Gasteiger partial charge in [0.05, 0.1) is 10.6 Å². The number of carbonyl (C=O) groups excluding carboxylic acids is 1. The molecule has 0 aliphatic carbocycles. The molecule has 4 nitrogen and oxygen atoms in total. The van der Waals surface area contributed by atoms with E-state index in [9.17, 15) is 4.79 Å². The molecule has 1 fully saturated rings. The number of hydrogen-bond donors (Lipinski definition) is 1. The van der Waals surface area contributed by atoms with Crippen LogP contribution in [0.15, 0.2) is 101 Å². The second-order valence-electron chi connectivity index (χ2n) is 7.45. The quantitative estimate of drug-likeness (QED) is 0.320. The van der Waals surface area contributed by atoms with Crippen molar-refractivity contribution in [3.8, 4) is 5.75 Å². The summed E-state index contributed by atoms with van der Waals surface area (Å²) in [6.45, 7) is 0.491. The first-order chi connectivity index (χ1) is 16.1. The smallest absolute Gasteiger partial charge is 0.264 e. The van der Waals surface area contributed by atoms with Crippen LogP contribution < -0.4 is 10.1 Å². The number of nitrogens with zero attached hydrogens (tertiary/aromatic N) is 1. The van der Waals surface area contributed by atoms with Gasteiger partial charge in [-0.3, -0.25) is 4.79 Å². The lowest BCUT2D eigenvalue weighted by atomic mass is 10.1. The highest BCUT2D eigenvalue weighted by molar-refractivity contribution is 8.18. The largest absolute Gasteiger partial charge is 0.489 e. The number of halogens is 1. The van der Waals surface area contributed by atoms with Crippen LogP contribution >= 0.6 is 23.4 Å². The van der Waals surface area contributed by atoms with E-state index in [1.807, 2.05) is 48.5 Å². The Bertz CT molecular complexity index is 1370. The number of thioether (sulfide) groups is 1. The van der Waals surface area contributed by atoms with Crippen molar-refractivity contribution in [2.24, 2.45) is 4.99 Å². The Morgan fingerprint density at radius 3 is 2.48 bits per heavy atom. The molecule has 0 spiro atoms. The molecule has 0 atom stereocenters. The molecule has 0 radical (unpaired) electrons. The molecule has 4 aromatic carbocycles. The number of carbonyl (C=O) groups is 1. The lowest BCUT2D eigenvalue weighted by molar-refractivity contribution is -0.115. The van der Waals surface area contributed by atoms with Crippen molar-refractivity contribution in [3.63, 3.8) is 0 Å². The molecule has 162 valence electrons. The Balaban J connectivity index is 1.25. The van der Waals surface area contributed by atoms with Gasteiger partial charge in [-0.05, 0) is 76.1 Å². The van der Waals surface area contributed by atoms with Crippen LogP contribution in [0.4, 0.5) is 5.69 Å². The van der Waals surface area contributed by atoms with Gasteiger partial charge >= 0.3 is 0 Å². The van der Waals surface area contributed by atoms with Crippen LogP contribution in [0.5, 0.6) is 5.75 Å². The highest BCUT2D eigenvalue weighted by atomic mass is 35.5. The highest BCUT2D eigenvalue weighted by Crippen LogP contribution is 2.29. The molecular weight excluding hydrogens is 452 g/mol. The standard InChI is InChI=1S/C27H19ClN2O2S/c28-21-10-12-22(13-11-21)29-27-30-26(31)25(33-27)16-18-8-14-23(15-9-18)32-17-20-6-3-5-19-4-1-2-7-24(19)20/h1-16H,17H2,(H,29,30,31)/b25-16+. The maximum atomic E-state index is 12.3. The summed E-state index contributed by atoms with van der Waals surface area (Å²) in [4.78, 5) is 17.4. The maximum Gasteiger partial charge on any atom is 0.264 e. The summed E-state index contributed by atoms with van der Waals surface area (Å²) in [5.74, 6) is 0.614. The minimum absolute atomic E-state index is 0.163. The van der Waals surface area contributed by atoms with E-state index in [0.29, 0.717) is 21.7 Å². The van der Waals surface area contributed by atoms with Gasteiger partial charge in [-0.2, -0.15) is 0 Å². The Morgan fingerprint density at radius 2 is 1.67 bits per heavy atom. The first-order valence-corrected chi connectivity index (χ1v) is 11.6. The van der Waals surface area contributed by atoms with Crippen molar-refractivity contribution >= 4 is 57.0 Å². The topological polar surface area (TPSA) is 50.7 Å². The van der Waals surface area contributed by atoms with E-state index in [-0.39, 0.29) is 5.91 Å². The number of rotatable bonds is 5. The fourth-order valence-electron chi connectivity index (χ4n) is 3.50. The Morgan fingerprint density at radius 1 is 0.909 bits per heavy atom. The molecule has 1 aliphatic rings. The van der Waals surface area contributed by atoms with Crippen molar-refractivity contribution in [3.05, 3.63) is 112 Å². The summed E-state index contributed by atoms with van der Waals surface area (Å²) >= 11 is 7.22. The minimum Gasteiger partial charge on any atom is -0.489 e. The number of ether oxygens (including phenoxy) is 1. The molecule has 0 saturated carbocycles. The molecule has 6 heteroatoms. The first kappa shape index (κ1) is 21.3. The molecule has 1 aliphatic heterocycles. The monoisotopic (exact) mass is 470 g/mol. The molecule has 1 N–H and O–H groups in total. The van der Waals surface area contributed by atoms with Crippen molar-refractivity contribution in [2.45, 2.75) is 6.61 Å². The van der Waals surface area contributed by atoms with Crippen molar-refractivity contribution in [1.29, 1.82) is 0 Å². The zero-order valence-electron chi connectivity index (χ0n) is 17.5. The Hall–Kier alpha value is -3.54. The molecule has 4 aromatic rings. The molecule has 1 heterocycles. The fraction of sp³-hybridized carbons (Fsp3) is 0.0370. The summed E-state index contributed by atoms with van der Waals surface area (Å²) in [7, 11) is 0. The van der Waals surface area contributed by atoms with E-state index in [1.54, 1.807) is 24.3 Å². The molecule has 1 amide bonds. The maximum absolute atomic E-state index is 12.3. The average molecular weight is 471 g/mol. The van der Waals surface area contributed by atoms with Crippen LogP contribution in [0.2, 0.25) is 5.02 Å². The molecule has 1 saturated heterocycles. The minimum atomic E-state index is -0.163. The van der Waals surface area contributed by atoms with E-state index >= 15 is 0 Å². The van der Waals surface area contributed by atoms with Crippen molar-refractivity contribution in [1.82, 2.24) is 5.32 Å². The summed E-state index contributed by atoms with van der Waals surface area (Å²) in [5, 5.41) is 6.39. The van der Waals surface area contributed by atoms with Gasteiger partial charge in [0, 0.05) is 5.02 Å². The number of benzene rings is 4. The van der Waals surface area contributed by atoms with Crippen LogP contribution in [-0.2, 0) is 11.4 Å². The molecule has 0 unspecified atom stereocenters. The number of nitrogens with one attached hydrogen (secondary N) is 1. The van der Waals surface area contributed by atoms with Crippen LogP contribution in [-0.4, -0.2) is 11.1 Å². The van der Waals surface area contributed by atoms with Gasteiger partial charge in [0.2, 0.25) is 0 Å². The second-order valence-corrected chi connectivity index (χ2v) is 8.92. The zero-order valence-corrected chi connectivity index (χ0v) is 19.1. The van der Waals surface area contributed by atoms with Crippen LogP contribution in [0.3, 0.4) is 0 Å². The van der Waals surface area contributed by atoms with Crippen LogP contribution in [0.25, 0.3) is 16.8 Å². The normalized spacial score (nSPS) is 15.8. The van der Waals surface area contributed by atoms with E-state index in [4.69, 9.17) is 16.3 Å². The van der Waals surface area contributed by atoms with Crippen LogP contribution in [0, 0.1) is 0 Å². The fourth-order valence-corrected chi connectivity index (χ4v) is 4.47. The van der Waals surface area contributed by atoms with Gasteiger partial charge in [-0.25, -0.2) is 4.99 Å². The second kappa shape index (κ2) is 9.53. The summed E-state index contributed by atoms with van der Waals surface area (Å²) in [6, 6.07) is 29.4. The van der Waals surface area contributed by atoms with E-state index in [2.05, 4.69) is 34.6 Å². The third-order valence-corrected chi connectivity index (χ3v) is 6.32. The van der Waals surface area contributed by atoms with E-state index in [1.165, 1.54) is 22.5 Å². The third kappa shape index (κ3) is 5.11. The number of amidine groups is 1. The van der Waals surface area contributed by atoms with Gasteiger partial charge in [-0.1, -0.05) is 66.2 Å². The first-order valence-electron chi connectivity index (χ1n) is 10.4. The van der Waals surface area contributed by atoms with Gasteiger partial charge in [-0.15, -0.1) is 0 Å². The van der Waals surface area contributed by atoms with Crippen molar-refractivity contribution < 1.29 is 9.53 Å². The van der Waals surface area contributed by atoms with E-state index < -0.39 is 0 Å². The predicted molar refractivity (Wildman–Crippen MR) is 137 cm³/mol. The lowest BCUT2D eigenvalue weighted by Crippen LogP contribution is -2.19. The van der Waals surface area contributed by atoms with Crippen LogP contribution in [0.1, 0.15) is 11.1 Å². The number of amides is 1. The SMILES string of the molecule is O=C1NC(=Nc2ccc(Cl)cc2)S/C1=C/c1ccc(OCc2cccc3ccccc23)cc1. The Kier molecular flexibility index (Phi) is 6.15. The Labute approximate surface area is 201 Å². The van der Waals surface area contributed by atoms with Gasteiger partial charge in [0.15, 0.2) is 5.17 Å². The van der Waals surface area contributed by atoms with Crippen molar-refractivity contribution in [2.75, 3.05) is 0 Å². The molecular formula is C27H19ClN2O2S. The molecule has 33 heavy (non-hydrogen) atoms. The number of fused-ring (bicyclic) bond motifs is 1. The predicted octanol–water partition coefficient (Wildman–Crippen LogP) is 6.96. The molecule has 0 aromatic heterocycles. The van der Waals surface area contributed by atoms with Gasteiger partial charge in [0.25, 0.3) is 5.91 Å².